The third-order valence-corrected chi connectivity index (χ3v) is 6.01. The maximum absolute atomic E-state index is 13.0. The van der Waals surface area contributed by atoms with Gasteiger partial charge in [0.1, 0.15) is 5.75 Å². The molecule has 180 valence electrons. The number of nitriles is 1. The highest BCUT2D eigenvalue weighted by Gasteiger charge is 2.20. The largest absolute Gasteiger partial charge is 0.455 e. The van der Waals surface area contributed by atoms with Crippen LogP contribution in [-0.4, -0.2) is 5.91 Å². The summed E-state index contributed by atoms with van der Waals surface area (Å²) >= 11 is 0. The van der Waals surface area contributed by atoms with Crippen molar-refractivity contribution in [3.05, 3.63) is 113 Å². The average Bonchev–Trinajstić information content (AvgIpc) is 2.86. The molecule has 0 aliphatic rings. The van der Waals surface area contributed by atoms with Gasteiger partial charge in [0.05, 0.1) is 23.7 Å². The van der Waals surface area contributed by atoms with Crippen LogP contribution in [0.1, 0.15) is 43.0 Å². The van der Waals surface area contributed by atoms with E-state index in [4.69, 9.17) is 4.74 Å². The number of hydrogen-bond acceptors (Lipinski definition) is 3. The van der Waals surface area contributed by atoms with Gasteiger partial charge in [-0.2, -0.15) is 5.26 Å². The Morgan fingerprint density at radius 2 is 1.58 bits per heavy atom. The molecule has 0 spiro atoms. The first-order chi connectivity index (χ1) is 17.2. The second kappa shape index (κ2) is 10.5. The third-order valence-electron chi connectivity index (χ3n) is 6.01. The van der Waals surface area contributed by atoms with Crippen LogP contribution in [0.25, 0.3) is 11.1 Å². The predicted octanol–water partition coefficient (Wildman–Crippen LogP) is 7.80. The molecule has 0 atom stereocenters. The fourth-order valence-electron chi connectivity index (χ4n) is 4.10. The van der Waals surface area contributed by atoms with Crippen molar-refractivity contribution in [3.8, 4) is 28.7 Å². The van der Waals surface area contributed by atoms with Crippen LogP contribution in [0.15, 0.2) is 91.0 Å². The summed E-state index contributed by atoms with van der Waals surface area (Å²) in [6.07, 6.45) is 0.247. The fraction of sp³-hybridized carbons (Fsp3) is 0.188. The Bertz CT molecular complexity index is 1420. The maximum atomic E-state index is 13.0. The summed E-state index contributed by atoms with van der Waals surface area (Å²) in [6.45, 7) is 8.44. The van der Waals surface area contributed by atoms with E-state index in [1.165, 1.54) is 0 Å². The molecule has 0 radical (unpaired) electrons. The van der Waals surface area contributed by atoms with Gasteiger partial charge in [-0.3, -0.25) is 4.79 Å². The van der Waals surface area contributed by atoms with Gasteiger partial charge < -0.3 is 10.1 Å². The van der Waals surface area contributed by atoms with E-state index in [9.17, 15) is 10.1 Å². The molecule has 0 bridgehead atoms. The number of nitrogens with zero attached hydrogens (tertiary/aromatic N) is 1. The highest BCUT2D eigenvalue weighted by atomic mass is 16.5. The minimum Gasteiger partial charge on any atom is -0.455 e. The van der Waals surface area contributed by atoms with Crippen molar-refractivity contribution < 1.29 is 9.53 Å². The molecular formula is C32H30N2O2. The summed E-state index contributed by atoms with van der Waals surface area (Å²) in [6, 6.07) is 31.2. The lowest BCUT2D eigenvalue weighted by Gasteiger charge is -2.23. The first-order valence-electron chi connectivity index (χ1n) is 12.0. The lowest BCUT2D eigenvalue weighted by molar-refractivity contribution is -0.115. The van der Waals surface area contributed by atoms with Crippen molar-refractivity contribution in [1.82, 2.24) is 0 Å². The molecule has 0 saturated heterocycles. The minimum atomic E-state index is -0.140. The standard InChI is InChI=1S/C32H30N2O2/c1-22-13-15-23(16-14-22)19-31(35)34-28-20-24(26-10-6-5-9-25(26)21-33)17-18-30(28)36-29-12-8-7-11-27(29)32(2,3)4/h5-18,20H,19H2,1-4H3,(H,34,35). The first-order valence-corrected chi connectivity index (χ1v) is 12.0. The minimum absolute atomic E-state index is 0.114. The van der Waals surface area contributed by atoms with E-state index in [-0.39, 0.29) is 17.7 Å². The molecule has 0 aliphatic heterocycles. The summed E-state index contributed by atoms with van der Waals surface area (Å²) in [5.74, 6) is 1.14. The van der Waals surface area contributed by atoms with Gasteiger partial charge in [0, 0.05) is 5.56 Å². The van der Waals surface area contributed by atoms with Crippen molar-refractivity contribution in [2.75, 3.05) is 5.32 Å². The lowest BCUT2D eigenvalue weighted by Crippen LogP contribution is -2.15. The van der Waals surface area contributed by atoms with Crippen molar-refractivity contribution >= 4 is 11.6 Å². The molecule has 0 aromatic heterocycles. The summed E-state index contributed by atoms with van der Waals surface area (Å²) in [5, 5.41) is 12.6. The predicted molar refractivity (Wildman–Crippen MR) is 145 cm³/mol. The molecular weight excluding hydrogens is 444 g/mol. The van der Waals surface area contributed by atoms with Crippen LogP contribution in [0.4, 0.5) is 5.69 Å². The van der Waals surface area contributed by atoms with Gasteiger partial charge in [-0.25, -0.2) is 0 Å². The molecule has 4 heteroatoms. The number of aryl methyl sites for hydroxylation is 1. The van der Waals surface area contributed by atoms with Crippen LogP contribution in [0.3, 0.4) is 0 Å². The molecule has 4 aromatic rings. The molecule has 0 fully saturated rings. The van der Waals surface area contributed by atoms with Gasteiger partial charge in [-0.05, 0) is 53.3 Å². The van der Waals surface area contributed by atoms with E-state index in [2.05, 4.69) is 38.2 Å². The Kier molecular flexibility index (Phi) is 7.22. The number of anilines is 1. The molecule has 4 aromatic carbocycles. The van der Waals surface area contributed by atoms with E-state index in [0.29, 0.717) is 17.0 Å². The van der Waals surface area contributed by atoms with Crippen LogP contribution in [0.5, 0.6) is 11.5 Å². The molecule has 4 nitrogen and oxygen atoms in total. The Morgan fingerprint density at radius 1 is 0.889 bits per heavy atom. The Labute approximate surface area is 213 Å². The Morgan fingerprint density at radius 3 is 2.31 bits per heavy atom. The number of hydrogen-bond donors (Lipinski definition) is 1. The van der Waals surface area contributed by atoms with Crippen molar-refractivity contribution in [2.24, 2.45) is 0 Å². The van der Waals surface area contributed by atoms with Crippen molar-refractivity contribution in [2.45, 2.75) is 39.5 Å². The summed E-state index contributed by atoms with van der Waals surface area (Å²) in [5.41, 5.74) is 5.80. The molecule has 4 rings (SSSR count). The molecule has 1 N–H and O–H groups in total. The van der Waals surface area contributed by atoms with Crippen molar-refractivity contribution in [1.29, 1.82) is 5.26 Å². The summed E-state index contributed by atoms with van der Waals surface area (Å²) in [7, 11) is 0. The maximum Gasteiger partial charge on any atom is 0.228 e. The molecule has 0 unspecified atom stereocenters. The smallest absolute Gasteiger partial charge is 0.228 e. The average molecular weight is 475 g/mol. The SMILES string of the molecule is Cc1ccc(CC(=O)Nc2cc(-c3ccccc3C#N)ccc2Oc2ccccc2C(C)(C)C)cc1. The zero-order valence-electron chi connectivity index (χ0n) is 21.1. The number of amides is 1. The summed E-state index contributed by atoms with van der Waals surface area (Å²) < 4.78 is 6.40. The van der Waals surface area contributed by atoms with Gasteiger partial charge in [0.25, 0.3) is 0 Å². The second-order valence-corrected chi connectivity index (χ2v) is 9.93. The topological polar surface area (TPSA) is 62.1 Å². The zero-order valence-corrected chi connectivity index (χ0v) is 21.1. The second-order valence-electron chi connectivity index (χ2n) is 9.93. The highest BCUT2D eigenvalue weighted by molar-refractivity contribution is 5.95. The van der Waals surface area contributed by atoms with E-state index in [1.54, 1.807) is 6.07 Å². The van der Waals surface area contributed by atoms with Crippen LogP contribution in [0, 0.1) is 18.3 Å². The van der Waals surface area contributed by atoms with Gasteiger partial charge in [-0.15, -0.1) is 0 Å². The van der Waals surface area contributed by atoms with E-state index in [1.807, 2.05) is 85.8 Å². The molecule has 0 aliphatic carbocycles. The Hall–Kier alpha value is -4.36. The van der Waals surface area contributed by atoms with Gasteiger partial charge in [0.2, 0.25) is 5.91 Å². The zero-order chi connectivity index (χ0) is 25.7. The number of rotatable bonds is 6. The van der Waals surface area contributed by atoms with E-state index in [0.717, 1.165) is 33.6 Å². The number of para-hydroxylation sites is 1. The summed E-state index contributed by atoms with van der Waals surface area (Å²) in [4.78, 5) is 13.0. The number of ether oxygens (including phenoxy) is 1. The van der Waals surface area contributed by atoms with E-state index >= 15 is 0 Å². The number of carbonyl (C=O) groups excluding carboxylic acids is 1. The van der Waals surface area contributed by atoms with E-state index < -0.39 is 0 Å². The van der Waals surface area contributed by atoms with Crippen LogP contribution in [-0.2, 0) is 16.6 Å². The number of benzene rings is 4. The molecule has 0 saturated carbocycles. The number of carbonyl (C=O) groups is 1. The fourth-order valence-corrected chi connectivity index (χ4v) is 4.10. The highest BCUT2D eigenvalue weighted by Crippen LogP contribution is 2.38. The number of nitrogens with one attached hydrogen (secondary N) is 1. The van der Waals surface area contributed by atoms with Gasteiger partial charge in [0.15, 0.2) is 5.75 Å². The van der Waals surface area contributed by atoms with Gasteiger partial charge >= 0.3 is 0 Å². The first kappa shape index (κ1) is 24.8. The quantitative estimate of drug-likeness (QED) is 0.310. The van der Waals surface area contributed by atoms with Gasteiger partial charge in [-0.1, -0.05) is 93.1 Å². The molecule has 1 amide bonds. The van der Waals surface area contributed by atoms with Crippen molar-refractivity contribution in [3.63, 3.8) is 0 Å². The van der Waals surface area contributed by atoms with Crippen LogP contribution in [0.2, 0.25) is 0 Å². The lowest BCUT2D eigenvalue weighted by atomic mass is 9.86. The molecule has 0 heterocycles. The van der Waals surface area contributed by atoms with Crippen LogP contribution >= 0.6 is 0 Å². The van der Waals surface area contributed by atoms with Crippen LogP contribution < -0.4 is 10.1 Å². The Balaban J connectivity index is 1.72. The molecule has 36 heavy (non-hydrogen) atoms. The monoisotopic (exact) mass is 474 g/mol. The third kappa shape index (κ3) is 5.82. The normalized spacial score (nSPS) is 11.0.